The van der Waals surface area contributed by atoms with Gasteiger partial charge in [0.15, 0.2) is 0 Å². The Bertz CT molecular complexity index is 331. The second-order valence-electron chi connectivity index (χ2n) is 4.80. The molecule has 2 aliphatic rings. The van der Waals surface area contributed by atoms with Crippen molar-refractivity contribution >= 4 is 5.82 Å². The summed E-state index contributed by atoms with van der Waals surface area (Å²) in [7, 11) is 1.96. The summed E-state index contributed by atoms with van der Waals surface area (Å²) in [5.41, 5.74) is 0. The second-order valence-corrected chi connectivity index (χ2v) is 4.80. The van der Waals surface area contributed by atoms with Crippen molar-refractivity contribution in [3.8, 4) is 0 Å². The first-order valence-electron chi connectivity index (χ1n) is 5.57. The molecule has 0 saturated heterocycles. The number of nitrogens with zero attached hydrogens (tertiary/aromatic N) is 2. The highest BCUT2D eigenvalue weighted by atomic mass is 15.3. The zero-order valence-electron chi connectivity index (χ0n) is 8.61. The highest BCUT2D eigenvalue weighted by Gasteiger charge is 2.39. The van der Waals surface area contributed by atoms with Crippen molar-refractivity contribution in [2.45, 2.75) is 31.7 Å². The van der Waals surface area contributed by atoms with Crippen LogP contribution in [0.25, 0.3) is 0 Å². The molecule has 76 valence electrons. The third-order valence-electron chi connectivity index (χ3n) is 3.78. The molecule has 2 aliphatic carbocycles. The summed E-state index contributed by atoms with van der Waals surface area (Å²) in [5, 5.41) is 7.92. The summed E-state index contributed by atoms with van der Waals surface area (Å²) >= 11 is 0. The van der Waals surface area contributed by atoms with Crippen LogP contribution in [0.5, 0.6) is 0 Å². The van der Waals surface area contributed by atoms with E-state index in [-0.39, 0.29) is 0 Å². The fourth-order valence-electron chi connectivity index (χ4n) is 3.10. The molecule has 3 atom stereocenters. The molecule has 2 saturated carbocycles. The molecule has 3 nitrogen and oxygen atoms in total. The lowest BCUT2D eigenvalue weighted by atomic mass is 9.95. The number of hydrogen-bond donors (Lipinski definition) is 1. The number of rotatable bonds is 2. The number of fused-ring (bicyclic) bond motifs is 2. The molecule has 0 radical (unpaired) electrons. The molecule has 0 aliphatic heterocycles. The topological polar surface area (TPSA) is 29.9 Å². The van der Waals surface area contributed by atoms with Crippen LogP contribution in [-0.4, -0.2) is 15.8 Å². The average molecular weight is 191 g/mol. The largest absolute Gasteiger partial charge is 0.366 e. The summed E-state index contributed by atoms with van der Waals surface area (Å²) in [6.45, 7) is 0. The van der Waals surface area contributed by atoms with Crippen LogP contribution in [-0.2, 0) is 7.05 Å². The molecule has 2 fully saturated rings. The van der Waals surface area contributed by atoms with Crippen molar-refractivity contribution in [3.63, 3.8) is 0 Å². The summed E-state index contributed by atoms with van der Waals surface area (Å²) in [6, 6.07) is 2.76. The van der Waals surface area contributed by atoms with E-state index in [9.17, 15) is 0 Å². The quantitative estimate of drug-likeness (QED) is 0.775. The van der Waals surface area contributed by atoms with E-state index >= 15 is 0 Å². The highest BCUT2D eigenvalue weighted by Crippen LogP contribution is 2.45. The molecule has 3 heteroatoms. The number of aryl methyl sites for hydroxylation is 1. The van der Waals surface area contributed by atoms with Gasteiger partial charge in [0.25, 0.3) is 0 Å². The minimum absolute atomic E-state index is 0.698. The van der Waals surface area contributed by atoms with Crippen LogP contribution in [0, 0.1) is 11.8 Å². The van der Waals surface area contributed by atoms with E-state index in [1.54, 1.807) is 0 Å². The molecule has 14 heavy (non-hydrogen) atoms. The number of aromatic nitrogens is 2. The van der Waals surface area contributed by atoms with Crippen molar-refractivity contribution in [3.05, 3.63) is 12.3 Å². The fraction of sp³-hybridized carbons (Fsp3) is 0.727. The molecule has 0 amide bonds. The molecule has 1 N–H and O–H groups in total. The van der Waals surface area contributed by atoms with E-state index in [4.69, 9.17) is 0 Å². The Morgan fingerprint density at radius 1 is 1.43 bits per heavy atom. The lowest BCUT2D eigenvalue weighted by Crippen LogP contribution is -2.26. The van der Waals surface area contributed by atoms with Gasteiger partial charge in [-0.1, -0.05) is 6.42 Å². The molecule has 3 rings (SSSR count). The maximum atomic E-state index is 4.36. The Morgan fingerprint density at radius 3 is 2.93 bits per heavy atom. The van der Waals surface area contributed by atoms with Crippen molar-refractivity contribution in [2.24, 2.45) is 18.9 Å². The summed E-state index contributed by atoms with van der Waals surface area (Å²) in [4.78, 5) is 0. The Balaban J connectivity index is 1.68. The van der Waals surface area contributed by atoms with Crippen LogP contribution in [0.15, 0.2) is 12.3 Å². The minimum Gasteiger partial charge on any atom is -0.366 e. The van der Waals surface area contributed by atoms with Gasteiger partial charge in [-0.3, -0.25) is 4.68 Å². The number of nitrogens with one attached hydrogen (secondary N) is 1. The molecule has 0 unspecified atom stereocenters. The number of anilines is 1. The summed E-state index contributed by atoms with van der Waals surface area (Å²) in [6.07, 6.45) is 7.70. The van der Waals surface area contributed by atoms with Gasteiger partial charge in [-0.15, -0.1) is 0 Å². The Morgan fingerprint density at radius 2 is 2.36 bits per heavy atom. The third-order valence-corrected chi connectivity index (χ3v) is 3.78. The summed E-state index contributed by atoms with van der Waals surface area (Å²) < 4.78 is 1.86. The first kappa shape index (κ1) is 8.33. The van der Waals surface area contributed by atoms with Crippen LogP contribution in [0.1, 0.15) is 25.7 Å². The normalized spacial score (nSPS) is 35.1. The van der Waals surface area contributed by atoms with Crippen molar-refractivity contribution in [2.75, 3.05) is 5.32 Å². The molecule has 2 bridgehead atoms. The monoisotopic (exact) mass is 191 g/mol. The van der Waals surface area contributed by atoms with E-state index in [1.807, 2.05) is 17.9 Å². The van der Waals surface area contributed by atoms with Crippen LogP contribution >= 0.6 is 0 Å². The van der Waals surface area contributed by atoms with Gasteiger partial charge in [0.05, 0.1) is 0 Å². The Labute approximate surface area is 84.5 Å². The van der Waals surface area contributed by atoms with E-state index in [2.05, 4.69) is 16.5 Å². The van der Waals surface area contributed by atoms with Crippen LogP contribution in [0.2, 0.25) is 0 Å². The van der Waals surface area contributed by atoms with Gasteiger partial charge >= 0.3 is 0 Å². The second kappa shape index (κ2) is 3.01. The predicted molar refractivity (Wildman–Crippen MR) is 56.1 cm³/mol. The minimum atomic E-state index is 0.698. The molecule has 1 aromatic heterocycles. The zero-order chi connectivity index (χ0) is 9.54. The molecule has 1 aromatic rings. The van der Waals surface area contributed by atoms with Gasteiger partial charge in [-0.05, 0) is 31.1 Å². The lowest BCUT2D eigenvalue weighted by molar-refractivity contribution is 0.438. The van der Waals surface area contributed by atoms with Gasteiger partial charge in [0, 0.05) is 25.4 Å². The van der Waals surface area contributed by atoms with Crippen LogP contribution < -0.4 is 5.32 Å². The molecular weight excluding hydrogens is 174 g/mol. The van der Waals surface area contributed by atoms with E-state index in [1.165, 1.54) is 25.7 Å². The Hall–Kier alpha value is -0.990. The maximum absolute atomic E-state index is 4.36. The lowest BCUT2D eigenvalue weighted by Gasteiger charge is -2.22. The zero-order valence-corrected chi connectivity index (χ0v) is 8.61. The molecular formula is C11H17N3. The van der Waals surface area contributed by atoms with Gasteiger partial charge in [-0.25, -0.2) is 0 Å². The van der Waals surface area contributed by atoms with Crippen LogP contribution in [0.4, 0.5) is 5.82 Å². The highest BCUT2D eigenvalue weighted by molar-refractivity contribution is 5.34. The average Bonchev–Trinajstić information content (AvgIpc) is 2.82. The van der Waals surface area contributed by atoms with Gasteiger partial charge < -0.3 is 5.32 Å². The standard InChI is InChI=1S/C11H17N3/c1-14-5-4-11(13-14)12-10-7-8-2-3-9(10)6-8/h4-5,8-10H,2-3,6-7H2,1H3,(H,12,13)/t8-,9+,10+/m0/s1. The molecule has 0 aromatic carbocycles. The van der Waals surface area contributed by atoms with E-state index in [0.29, 0.717) is 6.04 Å². The first-order chi connectivity index (χ1) is 6.81. The first-order valence-corrected chi connectivity index (χ1v) is 5.57. The van der Waals surface area contributed by atoms with Crippen molar-refractivity contribution < 1.29 is 0 Å². The predicted octanol–water partition coefficient (Wildman–Crippen LogP) is 2.02. The van der Waals surface area contributed by atoms with Crippen molar-refractivity contribution in [1.82, 2.24) is 9.78 Å². The fourth-order valence-corrected chi connectivity index (χ4v) is 3.10. The van der Waals surface area contributed by atoms with Gasteiger partial charge in [0.2, 0.25) is 0 Å². The van der Waals surface area contributed by atoms with Crippen molar-refractivity contribution in [1.29, 1.82) is 0 Å². The number of hydrogen-bond acceptors (Lipinski definition) is 2. The summed E-state index contributed by atoms with van der Waals surface area (Å²) in [5.74, 6) is 2.97. The smallest absolute Gasteiger partial charge is 0.148 e. The van der Waals surface area contributed by atoms with Gasteiger partial charge in [0.1, 0.15) is 5.82 Å². The van der Waals surface area contributed by atoms with E-state index in [0.717, 1.165) is 17.7 Å². The SMILES string of the molecule is Cn1ccc(N[C@@H]2C[C@H]3CC[C@@H]2C3)n1. The molecule has 0 spiro atoms. The van der Waals surface area contributed by atoms with E-state index < -0.39 is 0 Å². The van der Waals surface area contributed by atoms with Crippen LogP contribution in [0.3, 0.4) is 0 Å². The Kier molecular flexibility index (Phi) is 1.79. The molecule has 1 heterocycles. The third kappa shape index (κ3) is 1.31. The van der Waals surface area contributed by atoms with Gasteiger partial charge in [-0.2, -0.15) is 5.10 Å². The maximum Gasteiger partial charge on any atom is 0.148 e.